The lowest BCUT2D eigenvalue weighted by molar-refractivity contribution is -0.137. The number of hydrogen-bond acceptors (Lipinski definition) is 4. The Bertz CT molecular complexity index is 250. The molecule has 0 aromatic rings. The second-order valence-electron chi connectivity index (χ2n) is 5.27. The average Bonchev–Trinajstić information content (AvgIpc) is 2.26. The van der Waals surface area contributed by atoms with Crippen molar-refractivity contribution in [3.8, 4) is 0 Å². The van der Waals surface area contributed by atoms with E-state index in [1.807, 2.05) is 20.8 Å². The van der Waals surface area contributed by atoms with Crippen molar-refractivity contribution in [3.63, 3.8) is 0 Å². The minimum Gasteiger partial charge on any atom is -0.480 e. The average molecular weight is 276 g/mol. The number of carboxylic acids is 2. The van der Waals surface area contributed by atoms with Crippen LogP contribution >= 0.6 is 0 Å². The summed E-state index contributed by atoms with van der Waals surface area (Å²) < 4.78 is 0. The summed E-state index contributed by atoms with van der Waals surface area (Å²) in [5.74, 6) is -1.60. The lowest BCUT2D eigenvalue weighted by Gasteiger charge is -2.18. The SMILES string of the molecule is CC(C)(C)NCC(=O)O.CCCCCNCC(=O)O. The predicted molar refractivity (Wildman–Crippen MR) is 75.4 cm³/mol. The molecule has 0 amide bonds. The van der Waals surface area contributed by atoms with Crippen molar-refractivity contribution in [2.45, 2.75) is 52.5 Å². The summed E-state index contributed by atoms with van der Waals surface area (Å²) >= 11 is 0. The maximum absolute atomic E-state index is 9.98. The van der Waals surface area contributed by atoms with E-state index in [-0.39, 0.29) is 18.6 Å². The molecular formula is C13H28N2O4. The molecule has 6 heteroatoms. The lowest BCUT2D eigenvalue weighted by Crippen LogP contribution is -2.39. The summed E-state index contributed by atoms with van der Waals surface area (Å²) in [4.78, 5) is 20.0. The van der Waals surface area contributed by atoms with E-state index in [1.54, 1.807) is 0 Å². The zero-order chi connectivity index (χ0) is 15.3. The van der Waals surface area contributed by atoms with Crippen LogP contribution in [0.25, 0.3) is 0 Å². The van der Waals surface area contributed by atoms with E-state index in [4.69, 9.17) is 10.2 Å². The van der Waals surface area contributed by atoms with E-state index in [9.17, 15) is 9.59 Å². The molecule has 0 bridgehead atoms. The van der Waals surface area contributed by atoms with Crippen LogP contribution in [0.2, 0.25) is 0 Å². The third-order valence-corrected chi connectivity index (χ3v) is 2.00. The summed E-state index contributed by atoms with van der Waals surface area (Å²) in [6.45, 7) is 8.84. The summed E-state index contributed by atoms with van der Waals surface area (Å²) in [6.07, 6.45) is 3.42. The number of unbranched alkanes of at least 4 members (excludes halogenated alkanes) is 2. The first-order valence-electron chi connectivity index (χ1n) is 6.58. The number of carboxylic acid groups (broad SMARTS) is 2. The van der Waals surface area contributed by atoms with E-state index in [0.29, 0.717) is 0 Å². The Morgan fingerprint density at radius 2 is 1.53 bits per heavy atom. The van der Waals surface area contributed by atoms with E-state index < -0.39 is 11.9 Å². The van der Waals surface area contributed by atoms with Crippen molar-refractivity contribution in [3.05, 3.63) is 0 Å². The largest absolute Gasteiger partial charge is 0.480 e. The molecule has 0 rings (SSSR count). The number of hydrogen-bond donors (Lipinski definition) is 4. The molecule has 0 aliphatic carbocycles. The van der Waals surface area contributed by atoms with Gasteiger partial charge in [0.2, 0.25) is 0 Å². The highest BCUT2D eigenvalue weighted by Gasteiger charge is 2.09. The number of aliphatic carboxylic acids is 2. The van der Waals surface area contributed by atoms with Crippen LogP contribution in [0.4, 0.5) is 0 Å². The molecule has 0 aliphatic heterocycles. The fraction of sp³-hybridized carbons (Fsp3) is 0.846. The van der Waals surface area contributed by atoms with Gasteiger partial charge in [-0.3, -0.25) is 9.59 Å². The van der Waals surface area contributed by atoms with E-state index in [0.717, 1.165) is 13.0 Å². The second kappa shape index (κ2) is 11.9. The second-order valence-corrected chi connectivity index (χ2v) is 5.27. The van der Waals surface area contributed by atoms with Crippen molar-refractivity contribution in [2.75, 3.05) is 19.6 Å². The highest BCUT2D eigenvalue weighted by Crippen LogP contribution is 1.96. The minimum absolute atomic E-state index is 0.0312. The zero-order valence-corrected chi connectivity index (χ0v) is 12.5. The van der Waals surface area contributed by atoms with Crippen LogP contribution in [0.5, 0.6) is 0 Å². The first-order chi connectivity index (χ1) is 8.69. The summed E-state index contributed by atoms with van der Waals surface area (Å²) in [5, 5.41) is 22.1. The quantitative estimate of drug-likeness (QED) is 0.499. The minimum atomic E-state index is -0.815. The molecule has 0 unspecified atom stereocenters. The van der Waals surface area contributed by atoms with Gasteiger partial charge >= 0.3 is 11.9 Å². The van der Waals surface area contributed by atoms with Gasteiger partial charge in [0.05, 0.1) is 13.1 Å². The molecule has 0 aliphatic rings. The third-order valence-electron chi connectivity index (χ3n) is 2.00. The molecule has 0 heterocycles. The molecular weight excluding hydrogens is 248 g/mol. The third kappa shape index (κ3) is 26.5. The van der Waals surface area contributed by atoms with Crippen molar-refractivity contribution >= 4 is 11.9 Å². The number of carbonyl (C=O) groups is 2. The van der Waals surface area contributed by atoms with Crippen molar-refractivity contribution in [1.82, 2.24) is 10.6 Å². The van der Waals surface area contributed by atoms with Crippen molar-refractivity contribution in [2.24, 2.45) is 0 Å². The molecule has 0 saturated heterocycles. The van der Waals surface area contributed by atoms with E-state index in [1.165, 1.54) is 12.8 Å². The zero-order valence-electron chi connectivity index (χ0n) is 12.5. The van der Waals surface area contributed by atoms with Crippen LogP contribution in [-0.2, 0) is 9.59 Å². The Morgan fingerprint density at radius 1 is 1.00 bits per heavy atom. The normalized spacial score (nSPS) is 10.5. The Balaban J connectivity index is 0. The first kappa shape index (κ1) is 20.2. The molecule has 0 fully saturated rings. The van der Waals surface area contributed by atoms with Gasteiger partial charge in [0, 0.05) is 5.54 Å². The molecule has 0 radical (unpaired) electrons. The Labute approximate surface area is 115 Å². The van der Waals surface area contributed by atoms with Gasteiger partial charge in [0.15, 0.2) is 0 Å². The van der Waals surface area contributed by atoms with Crippen LogP contribution in [0.15, 0.2) is 0 Å². The maximum Gasteiger partial charge on any atom is 0.317 e. The van der Waals surface area contributed by atoms with Gasteiger partial charge in [-0.15, -0.1) is 0 Å². The van der Waals surface area contributed by atoms with E-state index in [2.05, 4.69) is 17.6 Å². The van der Waals surface area contributed by atoms with Gasteiger partial charge in [0.1, 0.15) is 0 Å². The lowest BCUT2D eigenvalue weighted by atomic mass is 10.1. The predicted octanol–water partition coefficient (Wildman–Crippen LogP) is 1.31. The van der Waals surface area contributed by atoms with Gasteiger partial charge in [-0.1, -0.05) is 19.8 Å². The molecule has 0 saturated carbocycles. The Morgan fingerprint density at radius 3 is 1.84 bits per heavy atom. The summed E-state index contributed by atoms with van der Waals surface area (Å²) in [5.41, 5.74) is -0.0988. The summed E-state index contributed by atoms with van der Waals surface area (Å²) in [6, 6.07) is 0. The monoisotopic (exact) mass is 276 g/mol. The molecule has 4 N–H and O–H groups in total. The number of rotatable bonds is 8. The Kier molecular flexibility index (Phi) is 12.7. The molecule has 0 aromatic heterocycles. The standard InChI is InChI=1S/C7H15NO2.C6H13NO2/c1-2-3-4-5-8-6-7(9)10;1-6(2,3)7-4-5(8)9/h8H,2-6H2,1H3,(H,9,10);7H,4H2,1-3H3,(H,8,9). The van der Waals surface area contributed by atoms with Crippen LogP contribution in [0.3, 0.4) is 0 Å². The molecule has 0 spiro atoms. The smallest absolute Gasteiger partial charge is 0.317 e. The summed E-state index contributed by atoms with van der Waals surface area (Å²) in [7, 11) is 0. The van der Waals surface area contributed by atoms with Crippen molar-refractivity contribution < 1.29 is 19.8 Å². The highest BCUT2D eigenvalue weighted by molar-refractivity contribution is 5.69. The molecule has 114 valence electrons. The highest BCUT2D eigenvalue weighted by atomic mass is 16.4. The Hall–Kier alpha value is -1.14. The molecule has 6 nitrogen and oxygen atoms in total. The van der Waals surface area contributed by atoms with Crippen molar-refractivity contribution in [1.29, 1.82) is 0 Å². The first-order valence-corrected chi connectivity index (χ1v) is 6.58. The number of nitrogens with one attached hydrogen (secondary N) is 2. The van der Waals surface area contributed by atoms with Crippen LogP contribution in [0.1, 0.15) is 47.0 Å². The van der Waals surface area contributed by atoms with Crippen LogP contribution < -0.4 is 10.6 Å². The fourth-order valence-corrected chi connectivity index (χ4v) is 1.04. The van der Waals surface area contributed by atoms with Gasteiger partial charge < -0.3 is 20.8 Å². The topological polar surface area (TPSA) is 98.7 Å². The van der Waals surface area contributed by atoms with Gasteiger partial charge in [0.25, 0.3) is 0 Å². The van der Waals surface area contributed by atoms with E-state index >= 15 is 0 Å². The molecule has 0 aromatic carbocycles. The van der Waals surface area contributed by atoms with Crippen LogP contribution in [0, 0.1) is 0 Å². The van der Waals surface area contributed by atoms with Gasteiger partial charge in [-0.05, 0) is 33.7 Å². The van der Waals surface area contributed by atoms with Gasteiger partial charge in [-0.2, -0.15) is 0 Å². The fourth-order valence-electron chi connectivity index (χ4n) is 1.04. The molecule has 19 heavy (non-hydrogen) atoms. The maximum atomic E-state index is 9.98. The van der Waals surface area contributed by atoms with Crippen LogP contribution in [-0.4, -0.2) is 47.3 Å². The molecule has 0 atom stereocenters. The van der Waals surface area contributed by atoms with Gasteiger partial charge in [-0.25, -0.2) is 0 Å².